The summed E-state index contributed by atoms with van der Waals surface area (Å²) in [6.07, 6.45) is -1.86. The Kier molecular flexibility index (Phi) is 4.77. The number of carbonyl (C=O) groups excluding carboxylic acids is 1. The van der Waals surface area contributed by atoms with E-state index >= 15 is 0 Å². The van der Waals surface area contributed by atoms with Crippen LogP contribution < -0.4 is 0 Å². The lowest BCUT2D eigenvalue weighted by atomic mass is 10.1. The van der Waals surface area contributed by atoms with Crippen molar-refractivity contribution in [2.45, 2.75) is 17.8 Å². The van der Waals surface area contributed by atoms with Crippen LogP contribution in [0.5, 0.6) is 0 Å². The fourth-order valence-electron chi connectivity index (χ4n) is 1.62. The van der Waals surface area contributed by atoms with Gasteiger partial charge in [-0.15, -0.1) is 13.2 Å². The number of allylic oxidation sites excluding steroid dienone is 1. The molecule has 0 spiro atoms. The molecule has 118 valence electrons. The summed E-state index contributed by atoms with van der Waals surface area (Å²) in [5, 5.41) is -2.03. The number of alkyl halides is 4. The van der Waals surface area contributed by atoms with E-state index in [2.05, 4.69) is 9.62 Å². The fourth-order valence-corrected chi connectivity index (χ4v) is 1.85. The quantitative estimate of drug-likeness (QED) is 0.472. The van der Waals surface area contributed by atoms with E-state index in [1.54, 1.807) is 18.2 Å². The third-order valence-electron chi connectivity index (χ3n) is 2.59. The van der Waals surface area contributed by atoms with Gasteiger partial charge in [0.05, 0.1) is 5.56 Å². The Morgan fingerprint density at radius 3 is 2.45 bits per heavy atom. The molecule has 0 radical (unpaired) electrons. The average molecular weight is 335 g/mol. The van der Waals surface area contributed by atoms with Crippen LogP contribution in [0.25, 0.3) is 0 Å². The minimum Gasteiger partial charge on any atom is -0.287 e. The van der Waals surface area contributed by atoms with E-state index < -0.39 is 17.4 Å². The Morgan fingerprint density at radius 2 is 1.91 bits per heavy atom. The number of hydrogen-bond acceptors (Lipinski definition) is 4. The molecule has 1 aromatic carbocycles. The molecule has 0 amide bonds. The minimum atomic E-state index is -4.86. The van der Waals surface area contributed by atoms with Gasteiger partial charge in [0.1, 0.15) is 0 Å². The smallest absolute Gasteiger partial charge is 0.287 e. The largest absolute Gasteiger partial charge is 0.524 e. The summed E-state index contributed by atoms with van der Waals surface area (Å²) in [5.74, 6) is -0.685. The molecule has 8 heteroatoms. The van der Waals surface area contributed by atoms with Crippen molar-refractivity contribution in [3.8, 4) is 0 Å². The van der Waals surface area contributed by atoms with Gasteiger partial charge in [-0.3, -0.25) is 9.62 Å². The average Bonchev–Trinajstić information content (AvgIpc) is 2.45. The second kappa shape index (κ2) is 6.41. The Bertz CT molecular complexity index is 598. The van der Waals surface area contributed by atoms with Crippen LogP contribution in [0.15, 0.2) is 54.3 Å². The summed E-state index contributed by atoms with van der Waals surface area (Å²) >= 11 is 5.65. The third kappa shape index (κ3) is 4.78. The molecule has 1 aliphatic carbocycles. The molecule has 1 atom stereocenters. The van der Waals surface area contributed by atoms with Crippen molar-refractivity contribution < 1.29 is 32.5 Å². The maximum absolute atomic E-state index is 12.2. The van der Waals surface area contributed by atoms with Crippen LogP contribution in [-0.2, 0) is 14.5 Å². The van der Waals surface area contributed by atoms with Crippen LogP contribution in [0, 0.1) is 0 Å². The van der Waals surface area contributed by atoms with Crippen LogP contribution in [0.3, 0.4) is 0 Å². The van der Waals surface area contributed by atoms with Gasteiger partial charge in [0.2, 0.25) is 0 Å². The monoisotopic (exact) mass is 334 g/mol. The van der Waals surface area contributed by atoms with Gasteiger partial charge in [-0.25, -0.2) is 9.68 Å². The first-order valence-electron chi connectivity index (χ1n) is 6.07. The van der Waals surface area contributed by atoms with Crippen molar-refractivity contribution >= 4 is 17.6 Å². The first-order valence-corrected chi connectivity index (χ1v) is 6.44. The van der Waals surface area contributed by atoms with Crippen LogP contribution in [-0.4, -0.2) is 17.4 Å². The first-order chi connectivity index (χ1) is 10.3. The summed E-state index contributed by atoms with van der Waals surface area (Å²) in [5.41, 5.74) is 0.273. The minimum absolute atomic E-state index is 0.0475. The maximum atomic E-state index is 12.2. The number of benzene rings is 1. The topological polar surface area (TPSA) is 44.8 Å². The fraction of sp³-hybridized carbons (Fsp3) is 0.214. The summed E-state index contributed by atoms with van der Waals surface area (Å²) in [7, 11) is 0. The SMILES string of the molecule is O=C(OOC1=CCC(Cl)(OC(F)(F)F)C=C1)c1ccccc1. The predicted octanol–water partition coefficient (Wildman–Crippen LogP) is 4.09. The van der Waals surface area contributed by atoms with Crippen molar-refractivity contribution in [1.82, 2.24) is 0 Å². The van der Waals surface area contributed by atoms with E-state index in [0.717, 1.165) is 12.2 Å². The summed E-state index contributed by atoms with van der Waals surface area (Å²) in [6, 6.07) is 8.07. The number of halogens is 4. The van der Waals surface area contributed by atoms with Gasteiger partial charge < -0.3 is 0 Å². The van der Waals surface area contributed by atoms with Crippen molar-refractivity contribution in [3.63, 3.8) is 0 Å². The lowest BCUT2D eigenvalue weighted by molar-refractivity contribution is -0.344. The number of ether oxygens (including phenoxy) is 1. The zero-order valence-corrected chi connectivity index (χ0v) is 11.7. The molecule has 0 heterocycles. The molecule has 0 N–H and O–H groups in total. The van der Waals surface area contributed by atoms with Gasteiger partial charge in [-0.05, 0) is 30.4 Å². The molecule has 1 aliphatic rings. The highest BCUT2D eigenvalue weighted by molar-refractivity contribution is 6.24. The molecule has 0 saturated heterocycles. The zero-order chi connectivity index (χ0) is 16.2. The molecule has 0 bridgehead atoms. The van der Waals surface area contributed by atoms with Gasteiger partial charge in [0, 0.05) is 6.42 Å². The highest BCUT2D eigenvalue weighted by atomic mass is 35.5. The summed E-state index contributed by atoms with van der Waals surface area (Å²) in [6.45, 7) is 0. The van der Waals surface area contributed by atoms with Crippen molar-refractivity contribution in [3.05, 3.63) is 59.9 Å². The van der Waals surface area contributed by atoms with E-state index in [4.69, 9.17) is 16.5 Å². The van der Waals surface area contributed by atoms with Crippen molar-refractivity contribution in [2.75, 3.05) is 0 Å². The molecule has 0 aromatic heterocycles. The maximum Gasteiger partial charge on any atom is 0.524 e. The van der Waals surface area contributed by atoms with E-state index in [0.29, 0.717) is 0 Å². The molecular weight excluding hydrogens is 325 g/mol. The van der Waals surface area contributed by atoms with Gasteiger partial charge in [0.15, 0.2) is 10.8 Å². The van der Waals surface area contributed by atoms with Gasteiger partial charge in [0.25, 0.3) is 0 Å². The Balaban J connectivity index is 1.88. The number of carbonyl (C=O) groups is 1. The van der Waals surface area contributed by atoms with Gasteiger partial charge >= 0.3 is 12.3 Å². The molecule has 1 aromatic rings. The Hall–Kier alpha value is -1.99. The van der Waals surface area contributed by atoms with Crippen LogP contribution in [0.2, 0.25) is 0 Å². The highest BCUT2D eigenvalue weighted by Crippen LogP contribution is 2.35. The third-order valence-corrected chi connectivity index (χ3v) is 2.94. The summed E-state index contributed by atoms with van der Waals surface area (Å²) < 4.78 is 40.3. The van der Waals surface area contributed by atoms with E-state index in [1.807, 2.05) is 0 Å². The second-order valence-corrected chi connectivity index (χ2v) is 4.94. The number of rotatable bonds is 4. The Morgan fingerprint density at radius 1 is 1.23 bits per heavy atom. The summed E-state index contributed by atoms with van der Waals surface area (Å²) in [4.78, 5) is 20.9. The van der Waals surface area contributed by atoms with Crippen LogP contribution in [0.4, 0.5) is 13.2 Å². The lowest BCUT2D eigenvalue weighted by Gasteiger charge is -2.26. The zero-order valence-electron chi connectivity index (χ0n) is 11.0. The predicted molar refractivity (Wildman–Crippen MR) is 70.5 cm³/mol. The Labute approximate surface area is 128 Å². The van der Waals surface area contributed by atoms with Gasteiger partial charge in [-0.2, -0.15) is 0 Å². The molecule has 1 unspecified atom stereocenters. The standard InChI is InChI=1S/C14H10ClF3O4/c15-13(22-14(16,17)18)8-6-11(7-9-13)20-21-12(19)10-4-2-1-3-5-10/h1-8H,9H2. The van der Waals surface area contributed by atoms with Crippen molar-refractivity contribution in [1.29, 1.82) is 0 Å². The van der Waals surface area contributed by atoms with Crippen molar-refractivity contribution in [2.24, 2.45) is 0 Å². The van der Waals surface area contributed by atoms with E-state index in [-0.39, 0.29) is 17.7 Å². The van der Waals surface area contributed by atoms with Gasteiger partial charge in [-0.1, -0.05) is 29.8 Å². The van der Waals surface area contributed by atoms with E-state index in [1.165, 1.54) is 18.2 Å². The molecule has 0 aliphatic heterocycles. The molecule has 22 heavy (non-hydrogen) atoms. The molecule has 2 rings (SSSR count). The first kappa shape index (κ1) is 16.4. The number of hydrogen-bond donors (Lipinski definition) is 0. The second-order valence-electron chi connectivity index (χ2n) is 4.30. The molecular formula is C14H10ClF3O4. The molecule has 0 saturated carbocycles. The van der Waals surface area contributed by atoms with Crippen LogP contribution in [0.1, 0.15) is 16.8 Å². The van der Waals surface area contributed by atoms with E-state index in [9.17, 15) is 18.0 Å². The lowest BCUT2D eigenvalue weighted by Crippen LogP contribution is -2.32. The normalized spacial score (nSPS) is 21.2. The van der Waals surface area contributed by atoms with Crippen LogP contribution >= 0.6 is 11.6 Å². The molecule has 0 fully saturated rings. The molecule has 4 nitrogen and oxygen atoms in total. The highest BCUT2D eigenvalue weighted by Gasteiger charge is 2.41.